The highest BCUT2D eigenvalue weighted by Crippen LogP contribution is 2.11. The summed E-state index contributed by atoms with van der Waals surface area (Å²) in [4.78, 5) is 27.4. The quantitative estimate of drug-likeness (QED) is 0.677. The topological polar surface area (TPSA) is 49.4 Å². The molecular weight excluding hydrogens is 348 g/mol. The predicted molar refractivity (Wildman–Crippen MR) is 114 cm³/mol. The Hall–Kier alpha value is -2.62. The van der Waals surface area contributed by atoms with Crippen LogP contribution < -0.4 is 5.32 Å². The van der Waals surface area contributed by atoms with E-state index in [0.29, 0.717) is 19.4 Å². The molecule has 2 atom stereocenters. The lowest BCUT2D eigenvalue weighted by Gasteiger charge is -2.29. The van der Waals surface area contributed by atoms with Gasteiger partial charge >= 0.3 is 0 Å². The summed E-state index contributed by atoms with van der Waals surface area (Å²) >= 11 is 0. The second-order valence-electron chi connectivity index (χ2n) is 7.30. The Labute approximate surface area is 169 Å². The van der Waals surface area contributed by atoms with Crippen molar-refractivity contribution in [2.75, 3.05) is 6.54 Å². The van der Waals surface area contributed by atoms with E-state index in [9.17, 15) is 9.59 Å². The number of rotatable bonds is 10. The van der Waals surface area contributed by atoms with Crippen LogP contribution in [0.1, 0.15) is 44.7 Å². The summed E-state index contributed by atoms with van der Waals surface area (Å²) in [5, 5.41) is 3.00. The van der Waals surface area contributed by atoms with Crippen molar-refractivity contribution in [2.24, 2.45) is 0 Å². The van der Waals surface area contributed by atoms with Crippen LogP contribution in [0.4, 0.5) is 0 Å². The molecule has 2 aromatic rings. The van der Waals surface area contributed by atoms with Gasteiger partial charge in [-0.1, -0.05) is 67.6 Å². The number of nitrogens with one attached hydrogen (secondary N) is 1. The van der Waals surface area contributed by atoms with Crippen LogP contribution in [0.3, 0.4) is 0 Å². The third-order valence-electron chi connectivity index (χ3n) is 5.12. The molecular formula is C24H32N2O2. The fraction of sp³-hybridized carbons (Fsp3) is 0.417. The molecule has 2 amide bonds. The van der Waals surface area contributed by atoms with Crippen molar-refractivity contribution in [3.05, 3.63) is 71.8 Å². The lowest BCUT2D eigenvalue weighted by atomic mass is 10.1. The average molecular weight is 381 g/mol. The molecule has 0 aliphatic carbocycles. The Balaban J connectivity index is 2.05. The number of aryl methyl sites for hydroxylation is 1. The Kier molecular flexibility index (Phi) is 8.73. The minimum absolute atomic E-state index is 0.0200. The Morgan fingerprint density at radius 1 is 0.893 bits per heavy atom. The fourth-order valence-corrected chi connectivity index (χ4v) is 3.08. The van der Waals surface area contributed by atoms with Gasteiger partial charge in [0.25, 0.3) is 0 Å². The highest BCUT2D eigenvalue weighted by atomic mass is 16.2. The van der Waals surface area contributed by atoms with Gasteiger partial charge in [-0.25, -0.2) is 0 Å². The average Bonchev–Trinajstić information content (AvgIpc) is 2.73. The normalized spacial score (nSPS) is 12.8. The van der Waals surface area contributed by atoms with E-state index < -0.39 is 6.04 Å². The summed E-state index contributed by atoms with van der Waals surface area (Å²) in [5.74, 6) is -0.0675. The minimum atomic E-state index is -0.485. The zero-order valence-corrected chi connectivity index (χ0v) is 17.2. The van der Waals surface area contributed by atoms with Gasteiger partial charge in [-0.15, -0.1) is 0 Å². The predicted octanol–water partition coefficient (Wildman–Crippen LogP) is 3.99. The van der Waals surface area contributed by atoms with Gasteiger partial charge in [0.1, 0.15) is 6.04 Å². The number of hydrogen-bond donors (Lipinski definition) is 1. The number of carbonyl (C=O) groups is 2. The van der Waals surface area contributed by atoms with Crippen LogP contribution in [0.25, 0.3) is 0 Å². The lowest BCUT2D eigenvalue weighted by molar-refractivity contribution is -0.140. The second-order valence-corrected chi connectivity index (χ2v) is 7.30. The maximum absolute atomic E-state index is 13.0. The van der Waals surface area contributed by atoms with Crippen molar-refractivity contribution in [1.29, 1.82) is 0 Å². The molecule has 2 aromatic carbocycles. The summed E-state index contributed by atoms with van der Waals surface area (Å²) < 4.78 is 0. The third-order valence-corrected chi connectivity index (χ3v) is 5.12. The first-order chi connectivity index (χ1) is 13.5. The van der Waals surface area contributed by atoms with Gasteiger partial charge in [-0.3, -0.25) is 9.59 Å². The molecule has 0 aromatic heterocycles. The molecule has 2 rings (SSSR count). The first-order valence-electron chi connectivity index (χ1n) is 10.2. The lowest BCUT2D eigenvalue weighted by Crippen LogP contribution is -2.50. The van der Waals surface area contributed by atoms with E-state index in [4.69, 9.17) is 0 Å². The highest BCUT2D eigenvalue weighted by molar-refractivity contribution is 5.87. The van der Waals surface area contributed by atoms with Crippen molar-refractivity contribution in [2.45, 2.75) is 58.5 Å². The molecule has 0 unspecified atom stereocenters. The molecule has 0 bridgehead atoms. The van der Waals surface area contributed by atoms with E-state index in [1.807, 2.05) is 69.3 Å². The van der Waals surface area contributed by atoms with Gasteiger partial charge in [-0.2, -0.15) is 0 Å². The molecule has 0 aliphatic heterocycles. The molecule has 4 heteroatoms. The smallest absolute Gasteiger partial charge is 0.242 e. The van der Waals surface area contributed by atoms with Gasteiger partial charge in [0.15, 0.2) is 0 Å². The monoisotopic (exact) mass is 380 g/mol. The summed E-state index contributed by atoms with van der Waals surface area (Å²) in [7, 11) is 0. The van der Waals surface area contributed by atoms with Crippen LogP contribution in [-0.4, -0.2) is 35.3 Å². The van der Waals surface area contributed by atoms with Gasteiger partial charge in [-0.05, 0) is 44.2 Å². The third kappa shape index (κ3) is 6.84. The molecule has 1 N–H and O–H groups in total. The summed E-state index contributed by atoms with van der Waals surface area (Å²) in [6.07, 6.45) is 2.68. The van der Waals surface area contributed by atoms with E-state index in [-0.39, 0.29) is 17.9 Å². The van der Waals surface area contributed by atoms with Crippen molar-refractivity contribution in [3.63, 3.8) is 0 Å². The maximum Gasteiger partial charge on any atom is 0.242 e. The van der Waals surface area contributed by atoms with Gasteiger partial charge in [0, 0.05) is 19.0 Å². The second kappa shape index (κ2) is 11.3. The van der Waals surface area contributed by atoms with Crippen molar-refractivity contribution in [1.82, 2.24) is 10.2 Å². The molecule has 150 valence electrons. The molecule has 4 nitrogen and oxygen atoms in total. The zero-order valence-electron chi connectivity index (χ0n) is 17.2. The van der Waals surface area contributed by atoms with Crippen molar-refractivity contribution >= 4 is 11.8 Å². The van der Waals surface area contributed by atoms with Crippen molar-refractivity contribution < 1.29 is 9.59 Å². The SMILES string of the molecule is CC[C@@H](C)NC(=O)[C@H](C)N(CCc1ccccc1)C(=O)CCc1ccccc1. The number of nitrogens with zero attached hydrogens (tertiary/aromatic N) is 1. The first kappa shape index (κ1) is 21.7. The van der Waals surface area contributed by atoms with Crippen LogP contribution >= 0.6 is 0 Å². The van der Waals surface area contributed by atoms with Crippen molar-refractivity contribution in [3.8, 4) is 0 Å². The Morgan fingerprint density at radius 3 is 1.96 bits per heavy atom. The molecule has 0 saturated carbocycles. The van der Waals surface area contributed by atoms with Gasteiger partial charge in [0.05, 0.1) is 0 Å². The van der Waals surface area contributed by atoms with E-state index in [1.165, 1.54) is 0 Å². The number of hydrogen-bond acceptors (Lipinski definition) is 2. The Bertz CT molecular complexity index is 731. The van der Waals surface area contributed by atoms with E-state index in [1.54, 1.807) is 4.90 Å². The number of benzene rings is 2. The molecule has 0 fully saturated rings. The minimum Gasteiger partial charge on any atom is -0.352 e. The van der Waals surface area contributed by atoms with Crippen LogP contribution in [0.15, 0.2) is 60.7 Å². The van der Waals surface area contributed by atoms with Crippen LogP contribution in [0.5, 0.6) is 0 Å². The van der Waals surface area contributed by atoms with Crippen LogP contribution in [0, 0.1) is 0 Å². The summed E-state index contributed by atoms with van der Waals surface area (Å²) in [5.41, 5.74) is 2.30. The molecule has 0 aliphatic rings. The van der Waals surface area contributed by atoms with Gasteiger partial charge in [0.2, 0.25) is 11.8 Å². The fourth-order valence-electron chi connectivity index (χ4n) is 3.08. The zero-order chi connectivity index (χ0) is 20.4. The van der Waals surface area contributed by atoms with Crippen LogP contribution in [0.2, 0.25) is 0 Å². The van der Waals surface area contributed by atoms with Crippen LogP contribution in [-0.2, 0) is 22.4 Å². The van der Waals surface area contributed by atoms with E-state index >= 15 is 0 Å². The van der Waals surface area contributed by atoms with E-state index in [2.05, 4.69) is 17.4 Å². The maximum atomic E-state index is 13.0. The molecule has 0 saturated heterocycles. The number of amides is 2. The number of carbonyl (C=O) groups excluding carboxylic acids is 2. The molecule has 0 radical (unpaired) electrons. The summed E-state index contributed by atoms with van der Waals surface area (Å²) in [6.45, 7) is 6.37. The molecule has 28 heavy (non-hydrogen) atoms. The largest absolute Gasteiger partial charge is 0.352 e. The van der Waals surface area contributed by atoms with E-state index in [0.717, 1.165) is 24.0 Å². The standard InChI is InChI=1S/C24H32N2O2/c1-4-19(2)25-24(28)20(3)26(18-17-22-13-9-6-10-14-22)23(27)16-15-21-11-7-5-8-12-21/h5-14,19-20H,4,15-18H2,1-3H3,(H,25,28)/t19-,20+/m1/s1. The Morgan fingerprint density at radius 2 is 1.43 bits per heavy atom. The molecule has 0 spiro atoms. The molecule has 0 heterocycles. The first-order valence-corrected chi connectivity index (χ1v) is 10.2. The van der Waals surface area contributed by atoms with Gasteiger partial charge < -0.3 is 10.2 Å². The summed E-state index contributed by atoms with van der Waals surface area (Å²) in [6, 6.07) is 19.7. The highest BCUT2D eigenvalue weighted by Gasteiger charge is 2.26.